The van der Waals surface area contributed by atoms with Gasteiger partial charge in [-0.2, -0.15) is 0 Å². The summed E-state index contributed by atoms with van der Waals surface area (Å²) in [5, 5.41) is 3.02. The molecule has 0 bridgehead atoms. The Labute approximate surface area is 111 Å². The molecule has 0 aliphatic carbocycles. The zero-order valence-corrected chi connectivity index (χ0v) is 12.3. The van der Waals surface area contributed by atoms with Crippen LogP contribution in [0.5, 0.6) is 0 Å². The summed E-state index contributed by atoms with van der Waals surface area (Å²) in [7, 11) is 0. The molecule has 1 aromatic rings. The average Bonchev–Trinajstić information content (AvgIpc) is 2.16. The largest absolute Gasteiger partial charge is 0.349 e. The Morgan fingerprint density at radius 3 is 2.50 bits per heavy atom. The van der Waals surface area contributed by atoms with Crippen molar-refractivity contribution in [2.24, 2.45) is 5.41 Å². The maximum absolute atomic E-state index is 11.9. The lowest BCUT2D eigenvalue weighted by Crippen LogP contribution is -2.41. The summed E-state index contributed by atoms with van der Waals surface area (Å²) < 4.78 is 1.08. The van der Waals surface area contributed by atoms with E-state index in [9.17, 15) is 4.79 Å². The minimum absolute atomic E-state index is 0.000871. The molecule has 1 atom stereocenters. The molecule has 0 aromatic heterocycles. The first-order chi connectivity index (χ1) is 7.30. The second-order valence-electron chi connectivity index (χ2n) is 5.07. The maximum atomic E-state index is 11.9. The fourth-order valence-electron chi connectivity index (χ4n) is 1.13. The lowest BCUT2D eigenvalue weighted by atomic mass is 9.88. The summed E-state index contributed by atoms with van der Waals surface area (Å²) in [6.45, 7) is 8.39. The van der Waals surface area contributed by atoms with E-state index in [4.69, 9.17) is 0 Å². The van der Waals surface area contributed by atoms with Crippen LogP contribution in [0.25, 0.3) is 0 Å². The molecule has 0 aliphatic rings. The smallest absolute Gasteiger partial charge is 0.251 e. The van der Waals surface area contributed by atoms with Gasteiger partial charge in [-0.25, -0.2) is 0 Å². The van der Waals surface area contributed by atoms with Gasteiger partial charge in [0, 0.05) is 15.2 Å². The molecule has 1 rings (SSSR count). The number of nitrogens with one attached hydrogen (secondary N) is 1. The Balaban J connectivity index is 2.74. The molecule has 0 aliphatic heterocycles. The molecule has 88 valence electrons. The lowest BCUT2D eigenvalue weighted by Gasteiger charge is -2.28. The maximum Gasteiger partial charge on any atom is 0.251 e. The van der Waals surface area contributed by atoms with Crippen molar-refractivity contribution in [3.05, 3.63) is 33.4 Å². The van der Waals surface area contributed by atoms with Gasteiger partial charge in [0.05, 0.1) is 0 Å². The number of carbonyl (C=O) groups excluding carboxylic acids is 1. The summed E-state index contributed by atoms with van der Waals surface area (Å²) in [6, 6.07) is 7.76. The molecule has 0 heterocycles. The summed E-state index contributed by atoms with van der Waals surface area (Å²) in [5.41, 5.74) is 0.806. The summed E-state index contributed by atoms with van der Waals surface area (Å²) in [4.78, 5) is 11.9. The van der Waals surface area contributed by atoms with Gasteiger partial charge in [0.25, 0.3) is 5.91 Å². The molecule has 1 unspecified atom stereocenters. The molecule has 0 spiro atoms. The molecule has 2 nitrogen and oxygen atoms in total. The summed E-state index contributed by atoms with van der Waals surface area (Å²) in [6.07, 6.45) is 0. The van der Waals surface area contributed by atoms with E-state index >= 15 is 0 Å². The van der Waals surface area contributed by atoms with Crippen molar-refractivity contribution < 1.29 is 4.79 Å². The Bertz CT molecular complexity index is 382. The molecule has 3 heteroatoms. The lowest BCUT2D eigenvalue weighted by molar-refractivity contribution is 0.0910. The van der Waals surface area contributed by atoms with Gasteiger partial charge in [-0.05, 0) is 53.1 Å². The number of halogens is 1. The Kier molecular flexibility index (Phi) is 4.35. The Morgan fingerprint density at radius 1 is 1.38 bits per heavy atom. The van der Waals surface area contributed by atoms with Gasteiger partial charge in [-0.1, -0.05) is 26.8 Å². The van der Waals surface area contributed by atoms with E-state index in [1.165, 1.54) is 0 Å². The Hall–Kier alpha value is -0.580. The average molecular weight is 331 g/mol. The highest BCUT2D eigenvalue weighted by molar-refractivity contribution is 14.1. The van der Waals surface area contributed by atoms with Crippen molar-refractivity contribution in [3.63, 3.8) is 0 Å². The second kappa shape index (κ2) is 5.17. The topological polar surface area (TPSA) is 29.1 Å². The normalized spacial score (nSPS) is 13.3. The van der Waals surface area contributed by atoms with E-state index in [-0.39, 0.29) is 17.4 Å². The summed E-state index contributed by atoms with van der Waals surface area (Å²) in [5.74, 6) is 0.000871. The van der Waals surface area contributed by atoms with Gasteiger partial charge < -0.3 is 5.32 Å². The van der Waals surface area contributed by atoms with E-state index in [1.54, 1.807) is 0 Å². The van der Waals surface area contributed by atoms with Crippen LogP contribution < -0.4 is 5.32 Å². The van der Waals surface area contributed by atoms with Gasteiger partial charge in [-0.15, -0.1) is 0 Å². The van der Waals surface area contributed by atoms with Crippen molar-refractivity contribution in [1.29, 1.82) is 0 Å². The first-order valence-electron chi connectivity index (χ1n) is 5.37. The molecule has 0 radical (unpaired) electrons. The first-order valence-corrected chi connectivity index (χ1v) is 6.45. The quantitative estimate of drug-likeness (QED) is 0.827. The fraction of sp³-hybridized carbons (Fsp3) is 0.462. The van der Waals surface area contributed by atoms with Crippen LogP contribution in [-0.4, -0.2) is 11.9 Å². The number of amides is 1. The highest BCUT2D eigenvalue weighted by Crippen LogP contribution is 2.19. The zero-order chi connectivity index (χ0) is 12.3. The van der Waals surface area contributed by atoms with Crippen LogP contribution >= 0.6 is 22.6 Å². The number of carbonyl (C=O) groups is 1. The first kappa shape index (κ1) is 13.5. The molecule has 0 saturated carbocycles. The Morgan fingerprint density at radius 2 is 2.00 bits per heavy atom. The number of hydrogen-bond acceptors (Lipinski definition) is 1. The van der Waals surface area contributed by atoms with Gasteiger partial charge in [-0.3, -0.25) is 4.79 Å². The van der Waals surface area contributed by atoms with Crippen molar-refractivity contribution in [1.82, 2.24) is 5.32 Å². The van der Waals surface area contributed by atoms with Crippen LogP contribution in [0.3, 0.4) is 0 Å². The van der Waals surface area contributed by atoms with Crippen molar-refractivity contribution >= 4 is 28.5 Å². The molecule has 0 saturated heterocycles. The van der Waals surface area contributed by atoms with Crippen LogP contribution in [0.1, 0.15) is 38.1 Å². The summed E-state index contributed by atoms with van der Waals surface area (Å²) >= 11 is 2.21. The third kappa shape index (κ3) is 3.77. The minimum Gasteiger partial charge on any atom is -0.349 e. The van der Waals surface area contributed by atoms with E-state index in [2.05, 4.69) is 48.7 Å². The van der Waals surface area contributed by atoms with Crippen LogP contribution in [0.15, 0.2) is 24.3 Å². The zero-order valence-electron chi connectivity index (χ0n) is 10.2. The highest BCUT2D eigenvalue weighted by Gasteiger charge is 2.22. The molecule has 0 fully saturated rings. The monoisotopic (exact) mass is 331 g/mol. The van der Waals surface area contributed by atoms with Crippen LogP contribution in [0.2, 0.25) is 0 Å². The van der Waals surface area contributed by atoms with Crippen LogP contribution in [0, 0.1) is 8.99 Å². The van der Waals surface area contributed by atoms with Crippen molar-refractivity contribution in [2.75, 3.05) is 0 Å². The van der Waals surface area contributed by atoms with E-state index < -0.39 is 0 Å². The van der Waals surface area contributed by atoms with Crippen LogP contribution in [0.4, 0.5) is 0 Å². The number of hydrogen-bond donors (Lipinski definition) is 1. The molecule has 1 N–H and O–H groups in total. The second-order valence-corrected chi connectivity index (χ2v) is 6.32. The van der Waals surface area contributed by atoms with E-state index in [0.717, 1.165) is 9.13 Å². The molecule has 1 aromatic carbocycles. The molecule has 1 amide bonds. The SMILES string of the molecule is CC(NC(=O)c1cccc(I)c1)C(C)(C)C. The van der Waals surface area contributed by atoms with Gasteiger partial charge >= 0.3 is 0 Å². The fourth-order valence-corrected chi connectivity index (χ4v) is 1.67. The third-order valence-corrected chi connectivity index (χ3v) is 3.40. The standard InChI is InChI=1S/C13H18INO/c1-9(13(2,3)4)15-12(16)10-6-5-7-11(14)8-10/h5-9H,1-4H3,(H,15,16). The molecular formula is C13H18INO. The van der Waals surface area contributed by atoms with Gasteiger partial charge in [0.2, 0.25) is 0 Å². The van der Waals surface area contributed by atoms with Gasteiger partial charge in [0.1, 0.15) is 0 Å². The third-order valence-electron chi connectivity index (χ3n) is 2.73. The van der Waals surface area contributed by atoms with E-state index in [1.807, 2.05) is 31.2 Å². The van der Waals surface area contributed by atoms with E-state index in [0.29, 0.717) is 0 Å². The van der Waals surface area contributed by atoms with Crippen molar-refractivity contribution in [3.8, 4) is 0 Å². The predicted molar refractivity (Wildman–Crippen MR) is 75.5 cm³/mol. The number of benzene rings is 1. The number of rotatable bonds is 2. The van der Waals surface area contributed by atoms with Gasteiger partial charge in [0.15, 0.2) is 0 Å². The van der Waals surface area contributed by atoms with Crippen LogP contribution in [-0.2, 0) is 0 Å². The highest BCUT2D eigenvalue weighted by atomic mass is 127. The molecule has 16 heavy (non-hydrogen) atoms. The molecular weight excluding hydrogens is 313 g/mol. The van der Waals surface area contributed by atoms with Crippen molar-refractivity contribution in [2.45, 2.75) is 33.7 Å². The predicted octanol–water partition coefficient (Wildman–Crippen LogP) is 3.46. The minimum atomic E-state index is 0.000871.